The third-order valence-corrected chi connectivity index (χ3v) is 2.47. The van der Waals surface area contributed by atoms with Crippen molar-refractivity contribution in [3.05, 3.63) is 0 Å². The van der Waals surface area contributed by atoms with E-state index < -0.39 is 13.8 Å². The van der Waals surface area contributed by atoms with E-state index in [1.807, 2.05) is 0 Å². The zero-order chi connectivity index (χ0) is 5.98. The molecule has 0 radical (unpaired) electrons. The minimum atomic E-state index is -0.949. The summed E-state index contributed by atoms with van der Waals surface area (Å²) in [5.41, 5.74) is 2.03. The lowest BCUT2D eigenvalue weighted by Crippen LogP contribution is -2.19. The Morgan fingerprint density at radius 1 is 1.75 bits per heavy atom. The van der Waals surface area contributed by atoms with E-state index >= 15 is 0 Å². The summed E-state index contributed by atoms with van der Waals surface area (Å²) in [5, 5.41) is 11.0. The summed E-state index contributed by atoms with van der Waals surface area (Å²) >= 11 is 0. The first-order chi connectivity index (χ1) is 3.80. The highest BCUT2D eigenvalue weighted by Crippen LogP contribution is 2.31. The molecule has 1 heterocycles. The van der Waals surface area contributed by atoms with E-state index in [-0.39, 0.29) is 0 Å². The molecule has 0 saturated carbocycles. The van der Waals surface area contributed by atoms with Crippen molar-refractivity contribution in [3.63, 3.8) is 0 Å². The fourth-order valence-electron chi connectivity index (χ4n) is 0.518. The Hall–Kier alpha value is -0.180. The second-order valence-corrected chi connectivity index (χ2v) is 3.38. The molecule has 1 fully saturated rings. The van der Waals surface area contributed by atoms with Crippen molar-refractivity contribution in [2.45, 2.75) is 0 Å². The van der Waals surface area contributed by atoms with E-state index in [2.05, 4.69) is 10.6 Å². The van der Waals surface area contributed by atoms with E-state index in [1.165, 1.54) is 0 Å². The van der Waals surface area contributed by atoms with Crippen LogP contribution in [0.4, 0.5) is 4.79 Å². The summed E-state index contributed by atoms with van der Waals surface area (Å²) in [7, 11) is -0.949. The molecule has 0 spiro atoms. The molecule has 4 nitrogen and oxygen atoms in total. The first-order valence-corrected chi connectivity index (χ1v) is 3.82. The molecule has 0 aromatic heterocycles. The molecular weight excluding hydrogens is 127 g/mol. The minimum Gasteiger partial charge on any atom is -0.477 e. The maximum absolute atomic E-state index is 10.1. The molecule has 46 valence electrons. The summed E-state index contributed by atoms with van der Waals surface area (Å²) < 4.78 is 0. The Bertz CT molecular complexity index is 101. The van der Waals surface area contributed by atoms with Crippen LogP contribution in [0.2, 0.25) is 0 Å². The van der Waals surface area contributed by atoms with Crippen molar-refractivity contribution in [1.29, 1.82) is 0 Å². The van der Waals surface area contributed by atoms with Crippen molar-refractivity contribution in [3.8, 4) is 0 Å². The van der Waals surface area contributed by atoms with Gasteiger partial charge in [-0.1, -0.05) is 0 Å². The molecule has 1 unspecified atom stereocenters. The van der Waals surface area contributed by atoms with Crippen LogP contribution in [0.5, 0.6) is 0 Å². The van der Waals surface area contributed by atoms with E-state index in [4.69, 9.17) is 5.11 Å². The van der Waals surface area contributed by atoms with Gasteiger partial charge in [-0.2, -0.15) is 0 Å². The maximum Gasteiger partial charge on any atom is 0.340 e. The molecule has 0 bridgehead atoms. The molecule has 0 aromatic rings. The highest BCUT2D eigenvalue weighted by molar-refractivity contribution is 7.72. The quantitative estimate of drug-likeness (QED) is 0.447. The molecule has 0 amide bonds. The van der Waals surface area contributed by atoms with E-state index in [9.17, 15) is 4.79 Å². The average Bonchev–Trinajstić information content (AvgIpc) is 2.12. The van der Waals surface area contributed by atoms with Crippen LogP contribution in [0.15, 0.2) is 0 Å². The predicted molar refractivity (Wildman–Crippen MR) is 31.0 cm³/mol. The SMILES string of the molecule is O=C(O)P1CCNN1. The summed E-state index contributed by atoms with van der Waals surface area (Å²) in [5.74, 6) is 0. The van der Waals surface area contributed by atoms with Crippen LogP contribution in [0.1, 0.15) is 0 Å². The van der Waals surface area contributed by atoms with Crippen molar-refractivity contribution in [2.75, 3.05) is 12.7 Å². The van der Waals surface area contributed by atoms with Gasteiger partial charge in [-0.25, -0.2) is 9.99 Å². The lowest BCUT2D eigenvalue weighted by Gasteiger charge is -1.98. The number of carbonyl (C=O) groups is 1. The highest BCUT2D eigenvalue weighted by Gasteiger charge is 2.20. The van der Waals surface area contributed by atoms with Crippen LogP contribution in [-0.2, 0) is 0 Å². The van der Waals surface area contributed by atoms with Gasteiger partial charge in [0.15, 0.2) is 0 Å². The van der Waals surface area contributed by atoms with Gasteiger partial charge < -0.3 is 5.11 Å². The molecule has 1 saturated heterocycles. The lowest BCUT2D eigenvalue weighted by atomic mass is 10.8. The van der Waals surface area contributed by atoms with Gasteiger partial charge in [0.1, 0.15) is 0 Å². The van der Waals surface area contributed by atoms with Crippen LogP contribution in [0.25, 0.3) is 0 Å². The Labute approximate surface area is 48.0 Å². The van der Waals surface area contributed by atoms with E-state index in [0.29, 0.717) is 0 Å². The summed E-state index contributed by atoms with van der Waals surface area (Å²) in [6.07, 6.45) is 0.741. The minimum absolute atomic E-state index is 0.718. The average molecular weight is 134 g/mol. The number of rotatable bonds is 1. The second-order valence-electron chi connectivity index (χ2n) is 1.47. The van der Waals surface area contributed by atoms with Crippen molar-refractivity contribution in [1.82, 2.24) is 10.6 Å². The fraction of sp³-hybridized carbons (Fsp3) is 0.667. The van der Waals surface area contributed by atoms with Crippen LogP contribution in [0.3, 0.4) is 0 Å². The number of hydrogen-bond acceptors (Lipinski definition) is 3. The predicted octanol–water partition coefficient (Wildman–Crippen LogP) is 0.169. The zero-order valence-corrected chi connectivity index (χ0v) is 5.11. The Morgan fingerprint density at radius 3 is 2.75 bits per heavy atom. The van der Waals surface area contributed by atoms with Crippen molar-refractivity contribution >= 4 is 13.8 Å². The van der Waals surface area contributed by atoms with Crippen LogP contribution < -0.4 is 10.6 Å². The van der Waals surface area contributed by atoms with Crippen LogP contribution in [0, 0.1) is 0 Å². The Morgan fingerprint density at radius 2 is 2.50 bits per heavy atom. The highest BCUT2D eigenvalue weighted by atomic mass is 31.1. The number of carboxylic acid groups (broad SMARTS) is 1. The van der Waals surface area contributed by atoms with Gasteiger partial charge in [-0.05, 0) is 0 Å². The molecule has 0 aliphatic carbocycles. The van der Waals surface area contributed by atoms with E-state index in [1.54, 1.807) is 0 Å². The Balaban J connectivity index is 2.35. The molecule has 1 rings (SSSR count). The van der Waals surface area contributed by atoms with Gasteiger partial charge in [0.2, 0.25) is 0 Å². The molecule has 1 aliphatic rings. The normalized spacial score (nSPS) is 28.2. The second kappa shape index (κ2) is 2.40. The molecule has 1 aliphatic heterocycles. The molecule has 0 aromatic carbocycles. The number of nitrogens with one attached hydrogen (secondary N) is 2. The monoisotopic (exact) mass is 134 g/mol. The first-order valence-electron chi connectivity index (χ1n) is 2.29. The number of hydrogen-bond donors (Lipinski definition) is 3. The Kier molecular flexibility index (Phi) is 1.78. The third kappa shape index (κ3) is 1.15. The third-order valence-electron chi connectivity index (χ3n) is 0.905. The summed E-state index contributed by atoms with van der Waals surface area (Å²) in [6, 6.07) is 0. The lowest BCUT2D eigenvalue weighted by molar-refractivity contribution is 0.220. The van der Waals surface area contributed by atoms with Gasteiger partial charge >= 0.3 is 5.71 Å². The van der Waals surface area contributed by atoms with E-state index in [0.717, 1.165) is 12.7 Å². The van der Waals surface area contributed by atoms with Gasteiger partial charge in [0.05, 0.1) is 8.07 Å². The summed E-state index contributed by atoms with van der Waals surface area (Å²) in [4.78, 5) is 10.1. The zero-order valence-electron chi connectivity index (χ0n) is 4.22. The molecule has 3 N–H and O–H groups in total. The standard InChI is InChI=1S/C3H7N2O2P/c6-3(7)8-2-1-4-5-8/h4-5H,1-2H2,(H,6,7). The van der Waals surface area contributed by atoms with Crippen molar-refractivity contribution < 1.29 is 9.90 Å². The number of hydrazine groups is 1. The molecule has 8 heavy (non-hydrogen) atoms. The fourth-order valence-corrected chi connectivity index (χ4v) is 1.56. The van der Waals surface area contributed by atoms with Crippen LogP contribution >= 0.6 is 8.07 Å². The van der Waals surface area contributed by atoms with Crippen molar-refractivity contribution in [2.24, 2.45) is 0 Å². The van der Waals surface area contributed by atoms with Gasteiger partial charge in [0.25, 0.3) is 0 Å². The van der Waals surface area contributed by atoms with Gasteiger partial charge in [-0.15, -0.1) is 0 Å². The van der Waals surface area contributed by atoms with Gasteiger partial charge in [-0.3, -0.25) is 5.43 Å². The van der Waals surface area contributed by atoms with Gasteiger partial charge in [0, 0.05) is 12.7 Å². The molecule has 1 atom stereocenters. The first kappa shape index (κ1) is 5.95. The molecule has 5 heteroatoms. The summed E-state index contributed by atoms with van der Waals surface area (Å²) in [6.45, 7) is 0.776. The van der Waals surface area contributed by atoms with Crippen LogP contribution in [-0.4, -0.2) is 23.5 Å². The largest absolute Gasteiger partial charge is 0.477 e. The smallest absolute Gasteiger partial charge is 0.340 e. The maximum atomic E-state index is 10.1. The topological polar surface area (TPSA) is 61.4 Å². The molecular formula is C3H7N2O2P.